The van der Waals surface area contributed by atoms with Gasteiger partial charge in [-0.2, -0.15) is 11.8 Å². The molecule has 1 fully saturated rings. The lowest BCUT2D eigenvalue weighted by molar-refractivity contribution is -0.131. The number of rotatable bonds is 2. The molecule has 2 N–H and O–H groups in total. The Morgan fingerprint density at radius 2 is 1.95 bits per heavy atom. The molecule has 1 aliphatic rings. The SMILES string of the molecule is CC1(C)CCN(C(=O)NC(=O)/C=C/C(=O)O)CCS1. The van der Waals surface area contributed by atoms with Crippen LogP contribution < -0.4 is 5.32 Å². The third-order valence-electron chi connectivity index (χ3n) is 2.73. The lowest BCUT2D eigenvalue weighted by atomic mass is 10.1. The molecule has 0 aliphatic carbocycles. The zero-order valence-electron chi connectivity index (χ0n) is 11.0. The Bertz CT molecular complexity index is 407. The highest BCUT2D eigenvalue weighted by Gasteiger charge is 2.26. The smallest absolute Gasteiger partial charge is 0.328 e. The van der Waals surface area contributed by atoms with Crippen LogP contribution in [0.4, 0.5) is 4.79 Å². The Morgan fingerprint density at radius 1 is 1.26 bits per heavy atom. The van der Waals surface area contributed by atoms with Crippen LogP contribution in [0.1, 0.15) is 20.3 Å². The van der Waals surface area contributed by atoms with Crippen LogP contribution in [0.15, 0.2) is 12.2 Å². The number of imide groups is 1. The predicted molar refractivity (Wildman–Crippen MR) is 73.0 cm³/mol. The van der Waals surface area contributed by atoms with E-state index in [-0.39, 0.29) is 4.75 Å². The Hall–Kier alpha value is -1.50. The van der Waals surface area contributed by atoms with E-state index in [4.69, 9.17) is 5.11 Å². The maximum absolute atomic E-state index is 11.8. The maximum Gasteiger partial charge on any atom is 0.328 e. The van der Waals surface area contributed by atoms with Gasteiger partial charge in [-0.3, -0.25) is 10.1 Å². The van der Waals surface area contributed by atoms with Crippen molar-refractivity contribution in [3.63, 3.8) is 0 Å². The number of amides is 3. The number of thioether (sulfide) groups is 1. The van der Waals surface area contributed by atoms with Crippen LogP contribution in [0.25, 0.3) is 0 Å². The topological polar surface area (TPSA) is 86.7 Å². The number of nitrogens with one attached hydrogen (secondary N) is 1. The van der Waals surface area contributed by atoms with Gasteiger partial charge in [-0.25, -0.2) is 9.59 Å². The summed E-state index contributed by atoms with van der Waals surface area (Å²) < 4.78 is 0.127. The van der Waals surface area contributed by atoms with Crippen LogP contribution in [-0.2, 0) is 9.59 Å². The minimum Gasteiger partial charge on any atom is -0.478 e. The van der Waals surface area contributed by atoms with Crippen molar-refractivity contribution in [1.82, 2.24) is 10.2 Å². The zero-order chi connectivity index (χ0) is 14.5. The fourth-order valence-electron chi connectivity index (χ4n) is 1.60. The van der Waals surface area contributed by atoms with E-state index in [9.17, 15) is 14.4 Å². The number of carboxylic acid groups (broad SMARTS) is 1. The third kappa shape index (κ3) is 5.78. The van der Waals surface area contributed by atoms with Crippen molar-refractivity contribution in [3.8, 4) is 0 Å². The van der Waals surface area contributed by atoms with Gasteiger partial charge in [0.2, 0.25) is 0 Å². The summed E-state index contributed by atoms with van der Waals surface area (Å²) in [7, 11) is 0. The number of hydrogen-bond donors (Lipinski definition) is 2. The number of hydrogen-bond acceptors (Lipinski definition) is 4. The molecule has 1 aliphatic heterocycles. The molecule has 19 heavy (non-hydrogen) atoms. The van der Waals surface area contributed by atoms with Crippen LogP contribution in [0, 0.1) is 0 Å². The molecule has 1 saturated heterocycles. The van der Waals surface area contributed by atoms with Crippen molar-refractivity contribution in [1.29, 1.82) is 0 Å². The van der Waals surface area contributed by atoms with Crippen molar-refractivity contribution in [2.45, 2.75) is 25.0 Å². The van der Waals surface area contributed by atoms with Gasteiger partial charge in [-0.1, -0.05) is 13.8 Å². The lowest BCUT2D eigenvalue weighted by Crippen LogP contribution is -2.43. The minimum absolute atomic E-state index is 0.127. The molecule has 7 heteroatoms. The summed E-state index contributed by atoms with van der Waals surface area (Å²) in [5, 5.41) is 10.5. The number of nitrogens with zero attached hydrogens (tertiary/aromatic N) is 1. The van der Waals surface area contributed by atoms with E-state index in [1.807, 2.05) is 0 Å². The average molecular weight is 286 g/mol. The molecule has 106 valence electrons. The molecule has 3 amide bonds. The summed E-state index contributed by atoms with van der Waals surface area (Å²) in [4.78, 5) is 34.9. The Morgan fingerprint density at radius 3 is 2.58 bits per heavy atom. The fourth-order valence-corrected chi connectivity index (χ4v) is 2.70. The molecular weight excluding hydrogens is 268 g/mol. The summed E-state index contributed by atoms with van der Waals surface area (Å²) in [6, 6.07) is -0.474. The molecule has 0 aromatic heterocycles. The molecule has 0 spiro atoms. The van der Waals surface area contributed by atoms with E-state index in [2.05, 4.69) is 19.2 Å². The largest absolute Gasteiger partial charge is 0.478 e. The van der Waals surface area contributed by atoms with Gasteiger partial charge in [-0.05, 0) is 6.42 Å². The average Bonchev–Trinajstić information content (AvgIpc) is 2.47. The summed E-state index contributed by atoms with van der Waals surface area (Å²) in [5.41, 5.74) is 0. The van der Waals surface area contributed by atoms with Crippen LogP contribution in [0.2, 0.25) is 0 Å². The van der Waals surface area contributed by atoms with E-state index in [0.717, 1.165) is 18.2 Å². The molecular formula is C12H18N2O4S. The summed E-state index contributed by atoms with van der Waals surface area (Å²) in [6.45, 7) is 5.41. The first kappa shape index (κ1) is 15.6. The second-order valence-corrected chi connectivity index (χ2v) is 6.61. The zero-order valence-corrected chi connectivity index (χ0v) is 11.8. The predicted octanol–water partition coefficient (Wildman–Crippen LogP) is 1.08. The molecule has 0 aromatic rings. The Kier molecular flexibility index (Phi) is 5.41. The van der Waals surface area contributed by atoms with Crippen molar-refractivity contribution >= 4 is 29.7 Å². The van der Waals surface area contributed by atoms with Gasteiger partial charge in [-0.15, -0.1) is 0 Å². The van der Waals surface area contributed by atoms with Crippen LogP contribution in [0.5, 0.6) is 0 Å². The quantitative estimate of drug-likeness (QED) is 0.742. The monoisotopic (exact) mass is 286 g/mol. The van der Waals surface area contributed by atoms with Crippen LogP contribution in [-0.4, -0.2) is 51.5 Å². The van der Waals surface area contributed by atoms with Gasteiger partial charge in [0.1, 0.15) is 0 Å². The van der Waals surface area contributed by atoms with Crippen LogP contribution >= 0.6 is 11.8 Å². The van der Waals surface area contributed by atoms with Crippen molar-refractivity contribution in [3.05, 3.63) is 12.2 Å². The van der Waals surface area contributed by atoms with E-state index in [0.29, 0.717) is 19.2 Å². The highest BCUT2D eigenvalue weighted by atomic mass is 32.2. The van der Waals surface area contributed by atoms with E-state index in [1.54, 1.807) is 16.7 Å². The van der Waals surface area contributed by atoms with E-state index < -0.39 is 17.9 Å². The number of carbonyl (C=O) groups is 3. The van der Waals surface area contributed by atoms with Gasteiger partial charge in [0.15, 0.2) is 0 Å². The molecule has 1 heterocycles. The Labute approximate surface area is 116 Å². The lowest BCUT2D eigenvalue weighted by Gasteiger charge is -2.22. The van der Waals surface area contributed by atoms with Gasteiger partial charge >= 0.3 is 12.0 Å². The highest BCUT2D eigenvalue weighted by Crippen LogP contribution is 2.30. The van der Waals surface area contributed by atoms with Gasteiger partial charge in [0.05, 0.1) is 0 Å². The normalized spacial score (nSPS) is 18.9. The van der Waals surface area contributed by atoms with Gasteiger partial charge < -0.3 is 10.0 Å². The van der Waals surface area contributed by atoms with E-state index >= 15 is 0 Å². The standard InChI is InChI=1S/C12H18N2O4S/c1-12(2)5-6-14(7-8-19-12)11(18)13-9(15)3-4-10(16)17/h3-4H,5-8H2,1-2H3,(H,16,17)(H,13,15,18)/b4-3+. The minimum atomic E-state index is -1.23. The third-order valence-corrected chi connectivity index (χ3v) is 4.10. The maximum atomic E-state index is 11.8. The van der Waals surface area contributed by atoms with E-state index in [1.165, 1.54) is 0 Å². The number of carboxylic acids is 1. The second-order valence-electron chi connectivity index (χ2n) is 4.81. The number of urea groups is 1. The second kappa shape index (κ2) is 6.60. The van der Waals surface area contributed by atoms with Crippen LogP contribution in [0.3, 0.4) is 0 Å². The Balaban J connectivity index is 2.49. The summed E-state index contributed by atoms with van der Waals surface area (Å²) >= 11 is 1.80. The molecule has 0 radical (unpaired) electrons. The number of carbonyl (C=O) groups excluding carboxylic acids is 2. The first-order chi connectivity index (χ1) is 8.80. The summed E-state index contributed by atoms with van der Waals surface area (Å²) in [6.07, 6.45) is 2.38. The van der Waals surface area contributed by atoms with Gasteiger partial charge in [0, 0.05) is 35.7 Å². The fraction of sp³-hybridized carbons (Fsp3) is 0.583. The first-order valence-corrected chi connectivity index (χ1v) is 6.93. The first-order valence-electron chi connectivity index (χ1n) is 5.95. The van der Waals surface area contributed by atoms with Crippen molar-refractivity contribution in [2.24, 2.45) is 0 Å². The van der Waals surface area contributed by atoms with Crippen molar-refractivity contribution in [2.75, 3.05) is 18.8 Å². The van der Waals surface area contributed by atoms with Gasteiger partial charge in [0.25, 0.3) is 5.91 Å². The molecule has 0 aromatic carbocycles. The molecule has 1 rings (SSSR count). The molecule has 0 atom stereocenters. The summed E-state index contributed by atoms with van der Waals surface area (Å²) in [5.74, 6) is -1.13. The molecule has 0 saturated carbocycles. The molecule has 6 nitrogen and oxygen atoms in total. The highest BCUT2D eigenvalue weighted by molar-refractivity contribution is 8.00. The molecule has 0 unspecified atom stereocenters. The number of aliphatic carboxylic acids is 1. The molecule has 0 bridgehead atoms. The van der Waals surface area contributed by atoms with Crippen molar-refractivity contribution < 1.29 is 19.5 Å².